The summed E-state index contributed by atoms with van der Waals surface area (Å²) in [7, 11) is 0. The molecule has 0 saturated carbocycles. The van der Waals surface area contributed by atoms with Crippen LogP contribution < -0.4 is 5.32 Å². The van der Waals surface area contributed by atoms with Crippen LogP contribution in [0.3, 0.4) is 0 Å². The van der Waals surface area contributed by atoms with Gasteiger partial charge in [-0.05, 0) is 62.9 Å². The highest BCUT2D eigenvalue weighted by atomic mass is 32.2. The van der Waals surface area contributed by atoms with E-state index < -0.39 is 0 Å². The van der Waals surface area contributed by atoms with Gasteiger partial charge in [-0.15, -0.1) is 0 Å². The van der Waals surface area contributed by atoms with Crippen LogP contribution in [-0.4, -0.2) is 42.2 Å². The van der Waals surface area contributed by atoms with Crippen molar-refractivity contribution in [2.45, 2.75) is 68.2 Å². The van der Waals surface area contributed by atoms with E-state index in [4.69, 9.17) is 4.99 Å². The monoisotopic (exact) mass is 435 g/mol. The first-order chi connectivity index (χ1) is 15.2. The number of likely N-dealkylation sites (tertiary alicyclic amines) is 1. The summed E-state index contributed by atoms with van der Waals surface area (Å²) < 4.78 is 0. The summed E-state index contributed by atoms with van der Waals surface area (Å²) in [4.78, 5) is 22.6. The Morgan fingerprint density at radius 1 is 1.16 bits per heavy atom. The highest BCUT2D eigenvalue weighted by molar-refractivity contribution is 7.99. The number of rotatable bonds is 7. The second-order valence-corrected chi connectivity index (χ2v) is 9.48. The predicted octanol–water partition coefficient (Wildman–Crippen LogP) is 6.07. The van der Waals surface area contributed by atoms with E-state index in [9.17, 15) is 4.79 Å². The van der Waals surface area contributed by atoms with Gasteiger partial charge in [-0.3, -0.25) is 9.79 Å². The van der Waals surface area contributed by atoms with Crippen LogP contribution >= 0.6 is 11.8 Å². The molecule has 2 aliphatic heterocycles. The average Bonchev–Trinajstić information content (AvgIpc) is 2.97. The lowest BCUT2D eigenvalue weighted by molar-refractivity contribution is 0.0947. The summed E-state index contributed by atoms with van der Waals surface area (Å²) in [6.07, 6.45) is 7.07. The van der Waals surface area contributed by atoms with Crippen molar-refractivity contribution in [1.29, 1.82) is 0 Å². The average molecular weight is 436 g/mol. The molecule has 0 aliphatic carbocycles. The van der Waals surface area contributed by atoms with Crippen molar-refractivity contribution in [2.24, 2.45) is 4.99 Å². The minimum absolute atomic E-state index is 0.00602. The number of fused-ring (bicyclic) bond motifs is 2. The highest BCUT2D eigenvalue weighted by Crippen LogP contribution is 2.41. The van der Waals surface area contributed by atoms with Crippen molar-refractivity contribution in [3.63, 3.8) is 0 Å². The SMILES string of the molecule is CCC1=Nc2cc(C(=O)NCCCN3CCCCC3CC)ccc2Sc2ccccc21. The zero-order chi connectivity index (χ0) is 21.6. The first kappa shape index (κ1) is 22.1. The van der Waals surface area contributed by atoms with Crippen molar-refractivity contribution in [2.75, 3.05) is 19.6 Å². The molecule has 5 heteroatoms. The molecule has 0 spiro atoms. The molecule has 1 N–H and O–H groups in total. The zero-order valence-electron chi connectivity index (χ0n) is 18.7. The molecule has 1 unspecified atom stereocenters. The number of piperidine rings is 1. The Morgan fingerprint density at radius 2 is 2.03 bits per heavy atom. The molecular formula is C26H33N3OS. The summed E-state index contributed by atoms with van der Waals surface area (Å²) in [6.45, 7) is 7.41. The van der Waals surface area contributed by atoms with E-state index >= 15 is 0 Å². The number of nitrogens with zero attached hydrogens (tertiary/aromatic N) is 2. The largest absolute Gasteiger partial charge is 0.352 e. The van der Waals surface area contributed by atoms with Crippen LogP contribution in [0.1, 0.15) is 68.3 Å². The van der Waals surface area contributed by atoms with E-state index in [1.165, 1.54) is 42.7 Å². The molecule has 2 aromatic carbocycles. The Labute approximate surface area is 190 Å². The Morgan fingerprint density at radius 3 is 2.87 bits per heavy atom. The minimum Gasteiger partial charge on any atom is -0.352 e. The molecule has 0 bridgehead atoms. The van der Waals surface area contributed by atoms with Crippen LogP contribution in [0.2, 0.25) is 0 Å². The van der Waals surface area contributed by atoms with Crippen molar-refractivity contribution < 1.29 is 4.79 Å². The van der Waals surface area contributed by atoms with Gasteiger partial charge in [0.2, 0.25) is 0 Å². The fourth-order valence-corrected chi connectivity index (χ4v) is 5.65. The highest BCUT2D eigenvalue weighted by Gasteiger charge is 2.20. The van der Waals surface area contributed by atoms with Crippen LogP contribution in [0.4, 0.5) is 5.69 Å². The number of amides is 1. The Balaban J connectivity index is 1.39. The first-order valence-electron chi connectivity index (χ1n) is 11.7. The van der Waals surface area contributed by atoms with Gasteiger partial charge in [0.05, 0.1) is 5.69 Å². The van der Waals surface area contributed by atoms with E-state index in [0.29, 0.717) is 12.1 Å². The molecule has 1 saturated heterocycles. The standard InChI is InChI=1S/C26H33N3OS/c1-3-20-10-7-8-16-29(20)17-9-15-27-26(30)19-13-14-25-23(18-19)28-22(4-2)21-11-5-6-12-24(21)31-25/h5-6,11-14,18,20H,3-4,7-10,15-17H2,1-2H3,(H,27,30). The molecule has 1 atom stereocenters. The second kappa shape index (κ2) is 10.5. The van der Waals surface area contributed by atoms with Crippen LogP contribution in [0, 0.1) is 0 Å². The molecule has 2 aromatic rings. The van der Waals surface area contributed by atoms with E-state index in [-0.39, 0.29) is 5.91 Å². The quantitative estimate of drug-likeness (QED) is 0.537. The Hall–Kier alpha value is -2.11. The van der Waals surface area contributed by atoms with Gasteiger partial charge in [-0.1, -0.05) is 50.2 Å². The number of benzene rings is 2. The summed E-state index contributed by atoms with van der Waals surface area (Å²) in [6, 6.07) is 15.0. The molecule has 31 heavy (non-hydrogen) atoms. The molecule has 164 valence electrons. The molecule has 2 aliphatic rings. The summed E-state index contributed by atoms with van der Waals surface area (Å²) >= 11 is 1.73. The molecule has 4 rings (SSSR count). The van der Waals surface area contributed by atoms with Crippen molar-refractivity contribution >= 4 is 29.1 Å². The third kappa shape index (κ3) is 5.21. The van der Waals surface area contributed by atoms with Crippen molar-refractivity contribution in [1.82, 2.24) is 10.2 Å². The van der Waals surface area contributed by atoms with Gasteiger partial charge in [-0.25, -0.2) is 0 Å². The lowest BCUT2D eigenvalue weighted by Gasteiger charge is -2.35. The van der Waals surface area contributed by atoms with Gasteiger partial charge >= 0.3 is 0 Å². The van der Waals surface area contributed by atoms with Crippen LogP contribution in [-0.2, 0) is 0 Å². The molecule has 2 heterocycles. The van der Waals surface area contributed by atoms with E-state index in [1.807, 2.05) is 18.2 Å². The number of nitrogens with one attached hydrogen (secondary N) is 1. The fourth-order valence-electron chi connectivity index (χ4n) is 4.62. The molecule has 0 radical (unpaired) electrons. The lowest BCUT2D eigenvalue weighted by Crippen LogP contribution is -2.40. The minimum atomic E-state index is -0.00602. The van der Waals surface area contributed by atoms with Gasteiger partial charge in [0.25, 0.3) is 5.91 Å². The Kier molecular flexibility index (Phi) is 7.46. The Bertz CT molecular complexity index is 955. The zero-order valence-corrected chi connectivity index (χ0v) is 19.5. The molecular weight excluding hydrogens is 402 g/mol. The topological polar surface area (TPSA) is 44.7 Å². The fraction of sp³-hybridized carbons (Fsp3) is 0.462. The first-order valence-corrected chi connectivity index (χ1v) is 12.5. The van der Waals surface area contributed by atoms with E-state index in [2.05, 4.69) is 48.3 Å². The van der Waals surface area contributed by atoms with Gasteiger partial charge in [0.1, 0.15) is 0 Å². The van der Waals surface area contributed by atoms with Gasteiger partial charge in [0, 0.05) is 45.8 Å². The van der Waals surface area contributed by atoms with Crippen LogP contribution in [0.15, 0.2) is 57.2 Å². The summed E-state index contributed by atoms with van der Waals surface area (Å²) in [5.41, 5.74) is 3.85. The second-order valence-electron chi connectivity index (χ2n) is 8.40. The van der Waals surface area contributed by atoms with Gasteiger partial charge in [0.15, 0.2) is 0 Å². The molecule has 1 fully saturated rings. The maximum atomic E-state index is 12.8. The molecule has 4 nitrogen and oxygen atoms in total. The predicted molar refractivity (Wildman–Crippen MR) is 130 cm³/mol. The van der Waals surface area contributed by atoms with Crippen molar-refractivity contribution in [3.8, 4) is 0 Å². The van der Waals surface area contributed by atoms with Crippen LogP contribution in [0.25, 0.3) is 0 Å². The number of hydrogen-bond donors (Lipinski definition) is 1. The van der Waals surface area contributed by atoms with E-state index in [1.54, 1.807) is 11.8 Å². The number of carbonyl (C=O) groups excluding carboxylic acids is 1. The van der Waals surface area contributed by atoms with Crippen LogP contribution in [0.5, 0.6) is 0 Å². The molecule has 1 amide bonds. The smallest absolute Gasteiger partial charge is 0.251 e. The maximum Gasteiger partial charge on any atom is 0.251 e. The van der Waals surface area contributed by atoms with Crippen molar-refractivity contribution in [3.05, 3.63) is 53.6 Å². The molecule has 0 aromatic heterocycles. The van der Waals surface area contributed by atoms with E-state index in [0.717, 1.165) is 41.7 Å². The summed E-state index contributed by atoms with van der Waals surface area (Å²) in [5.74, 6) is -0.00602. The third-order valence-electron chi connectivity index (χ3n) is 6.36. The number of aliphatic imine (C=N–C) groups is 1. The summed E-state index contributed by atoms with van der Waals surface area (Å²) in [5, 5.41) is 3.12. The number of hydrogen-bond acceptors (Lipinski definition) is 4. The normalized spacial score (nSPS) is 18.5. The van der Waals surface area contributed by atoms with Gasteiger partial charge < -0.3 is 10.2 Å². The lowest BCUT2D eigenvalue weighted by atomic mass is 10.00. The third-order valence-corrected chi connectivity index (χ3v) is 7.50. The number of carbonyl (C=O) groups is 1. The van der Waals surface area contributed by atoms with Gasteiger partial charge in [-0.2, -0.15) is 0 Å². The maximum absolute atomic E-state index is 12.8.